The number of aliphatic hydroxyl groups excluding tert-OH is 5. The van der Waals surface area contributed by atoms with Crippen molar-refractivity contribution in [3.63, 3.8) is 0 Å². The number of amides is 1. The molecule has 1 fully saturated rings. The van der Waals surface area contributed by atoms with Crippen LogP contribution in [0.4, 0.5) is 0 Å². The van der Waals surface area contributed by atoms with Gasteiger partial charge in [-0.2, -0.15) is 0 Å². The molecular weight excluding hydrogens is 955 g/mol. The highest BCUT2D eigenvalue weighted by Crippen LogP contribution is 2.23. The molecule has 0 aromatic rings. The lowest BCUT2D eigenvalue weighted by Gasteiger charge is -2.40. The smallest absolute Gasteiger partial charge is 0.305 e. The van der Waals surface area contributed by atoms with Crippen molar-refractivity contribution < 1.29 is 49.3 Å². The van der Waals surface area contributed by atoms with E-state index in [1.165, 1.54) is 212 Å². The third-order valence-electron chi connectivity index (χ3n) is 15.2. The van der Waals surface area contributed by atoms with Crippen molar-refractivity contribution in [1.29, 1.82) is 0 Å². The van der Waals surface area contributed by atoms with Gasteiger partial charge in [0.15, 0.2) is 6.29 Å². The van der Waals surface area contributed by atoms with Crippen LogP contribution in [0.2, 0.25) is 0 Å². The molecule has 0 aliphatic carbocycles. The fourth-order valence-electron chi connectivity index (χ4n) is 10.1. The number of ether oxygens (including phenoxy) is 3. The van der Waals surface area contributed by atoms with Gasteiger partial charge in [-0.3, -0.25) is 9.59 Å². The van der Waals surface area contributed by atoms with E-state index in [4.69, 9.17) is 14.2 Å². The van der Waals surface area contributed by atoms with Gasteiger partial charge in [-0.15, -0.1) is 0 Å². The molecule has 1 rings (SSSR count). The van der Waals surface area contributed by atoms with Gasteiger partial charge in [-0.05, 0) is 77.0 Å². The highest BCUT2D eigenvalue weighted by Gasteiger charge is 2.44. The average Bonchev–Trinajstić information content (AvgIpc) is 3.42. The van der Waals surface area contributed by atoms with Crippen LogP contribution >= 0.6 is 0 Å². The van der Waals surface area contributed by atoms with Gasteiger partial charge < -0.3 is 45.1 Å². The highest BCUT2D eigenvalue weighted by atomic mass is 16.7. The first-order valence-corrected chi connectivity index (χ1v) is 32.3. The van der Waals surface area contributed by atoms with Gasteiger partial charge in [0.2, 0.25) is 5.91 Å². The van der Waals surface area contributed by atoms with Crippen molar-refractivity contribution in [2.75, 3.05) is 19.8 Å². The Kier molecular flexibility index (Phi) is 51.9. The summed E-state index contributed by atoms with van der Waals surface area (Å²) in [6.07, 6.45) is 58.2. The second-order valence-corrected chi connectivity index (χ2v) is 22.5. The maximum absolute atomic E-state index is 13.0. The molecule has 1 amide bonds. The van der Waals surface area contributed by atoms with Gasteiger partial charge in [-0.25, -0.2) is 0 Å². The molecule has 446 valence electrons. The average molecular weight is 1080 g/mol. The van der Waals surface area contributed by atoms with Crippen LogP contribution in [0.25, 0.3) is 0 Å². The summed E-state index contributed by atoms with van der Waals surface area (Å²) in [6.45, 7) is 4.31. The lowest BCUT2D eigenvalue weighted by Crippen LogP contribution is -2.60. The summed E-state index contributed by atoms with van der Waals surface area (Å²) in [5, 5.41) is 54.4. The molecule has 11 nitrogen and oxygen atoms in total. The SMILES string of the molecule is CCCC/C=C\CCCCCCCC(=O)OCCCCCCCCCCCCCC/C=C\CCCCCCCCCCC(=O)NC(COC1OC(CO)C(O)C(O)C1O)C(O)/C=C/CCCCCCCCCCCCC. The molecule has 0 bridgehead atoms. The molecule has 1 aliphatic heterocycles. The number of unbranched alkanes of at least 4 members (excludes halogenated alkanes) is 38. The molecule has 76 heavy (non-hydrogen) atoms. The first-order chi connectivity index (χ1) is 37.2. The lowest BCUT2D eigenvalue weighted by molar-refractivity contribution is -0.302. The van der Waals surface area contributed by atoms with E-state index in [9.17, 15) is 35.1 Å². The lowest BCUT2D eigenvalue weighted by atomic mass is 9.99. The maximum atomic E-state index is 13.0. The number of hydrogen-bond acceptors (Lipinski definition) is 10. The van der Waals surface area contributed by atoms with Crippen LogP contribution < -0.4 is 5.32 Å². The van der Waals surface area contributed by atoms with Crippen molar-refractivity contribution in [2.24, 2.45) is 0 Å². The van der Waals surface area contributed by atoms with E-state index < -0.39 is 49.5 Å². The number of carbonyl (C=O) groups is 2. The minimum atomic E-state index is -1.57. The van der Waals surface area contributed by atoms with E-state index in [0.717, 1.165) is 64.2 Å². The topological polar surface area (TPSA) is 175 Å². The van der Waals surface area contributed by atoms with Crippen LogP contribution in [0.3, 0.4) is 0 Å². The Morgan fingerprint density at radius 3 is 1.30 bits per heavy atom. The third-order valence-corrected chi connectivity index (χ3v) is 15.2. The number of esters is 1. The number of allylic oxidation sites excluding steroid dienone is 5. The van der Waals surface area contributed by atoms with Crippen LogP contribution in [0.1, 0.15) is 303 Å². The molecule has 1 aliphatic rings. The standard InChI is InChI=1S/C65H121NO10/c1-3-5-7-9-11-13-15-28-32-35-39-43-47-51-58(68)57(56-75-65-64(73)63(72)62(71)59(55-67)76-65)66-60(69)52-48-44-40-36-33-29-26-24-22-20-18-16-17-19-21-23-25-27-30-34-38-42-46-50-54-74-61(70)53-49-45-41-37-31-14-12-10-8-6-4-2/h10,12,18,20,47,51,57-59,62-65,67-68,71-73H,3-9,11,13-17,19,21-46,48-50,52-56H2,1-2H3,(H,66,69)/b12-10-,20-18-,51-47+. The molecule has 7 unspecified atom stereocenters. The van der Waals surface area contributed by atoms with E-state index in [2.05, 4.69) is 43.5 Å². The van der Waals surface area contributed by atoms with E-state index in [-0.39, 0.29) is 18.5 Å². The summed E-state index contributed by atoms with van der Waals surface area (Å²) in [6, 6.07) is -0.813. The van der Waals surface area contributed by atoms with Gasteiger partial charge in [0.05, 0.1) is 32.0 Å². The predicted molar refractivity (Wildman–Crippen MR) is 315 cm³/mol. The number of rotatable bonds is 56. The highest BCUT2D eigenvalue weighted by molar-refractivity contribution is 5.76. The van der Waals surface area contributed by atoms with Gasteiger partial charge in [0.25, 0.3) is 0 Å². The Labute approximate surface area is 466 Å². The molecule has 11 heteroatoms. The molecule has 7 atom stereocenters. The van der Waals surface area contributed by atoms with E-state index in [0.29, 0.717) is 19.4 Å². The van der Waals surface area contributed by atoms with Crippen LogP contribution in [-0.4, -0.2) is 100 Å². The van der Waals surface area contributed by atoms with Gasteiger partial charge in [0, 0.05) is 12.8 Å². The number of aliphatic hydroxyl groups is 5. The molecule has 0 aromatic carbocycles. The fraction of sp³-hybridized carbons (Fsp3) is 0.877. The van der Waals surface area contributed by atoms with Crippen molar-refractivity contribution in [1.82, 2.24) is 5.32 Å². The normalized spacial score (nSPS) is 18.9. The Hall–Kier alpha value is -2.12. The number of nitrogens with one attached hydrogen (secondary N) is 1. The zero-order valence-corrected chi connectivity index (χ0v) is 49.2. The molecule has 6 N–H and O–H groups in total. The Morgan fingerprint density at radius 1 is 0.474 bits per heavy atom. The Balaban J connectivity index is 2.04. The first kappa shape index (κ1) is 71.9. The molecular formula is C65H121NO10. The predicted octanol–water partition coefficient (Wildman–Crippen LogP) is 15.5. The summed E-state index contributed by atoms with van der Waals surface area (Å²) in [7, 11) is 0. The third kappa shape index (κ3) is 43.7. The summed E-state index contributed by atoms with van der Waals surface area (Å²) < 4.78 is 16.7. The minimum Gasteiger partial charge on any atom is -0.466 e. The number of carbonyl (C=O) groups excluding carboxylic acids is 2. The second kappa shape index (κ2) is 54.8. The quantitative estimate of drug-likeness (QED) is 0.0195. The largest absolute Gasteiger partial charge is 0.466 e. The monoisotopic (exact) mass is 1080 g/mol. The van der Waals surface area contributed by atoms with Crippen LogP contribution in [-0.2, 0) is 23.8 Å². The summed E-state index contributed by atoms with van der Waals surface area (Å²) in [5.74, 6) is -0.195. The van der Waals surface area contributed by atoms with Crippen molar-refractivity contribution >= 4 is 11.9 Å². The molecule has 0 radical (unpaired) electrons. The fourth-order valence-corrected chi connectivity index (χ4v) is 10.1. The summed E-state index contributed by atoms with van der Waals surface area (Å²) in [4.78, 5) is 25.1. The molecule has 0 aromatic heterocycles. The first-order valence-electron chi connectivity index (χ1n) is 32.3. The van der Waals surface area contributed by atoms with Gasteiger partial charge >= 0.3 is 5.97 Å². The Morgan fingerprint density at radius 2 is 0.855 bits per heavy atom. The van der Waals surface area contributed by atoms with Crippen molar-refractivity contribution in [3.05, 3.63) is 36.5 Å². The zero-order chi connectivity index (χ0) is 55.2. The van der Waals surface area contributed by atoms with Crippen molar-refractivity contribution in [2.45, 2.75) is 346 Å². The number of hydrogen-bond donors (Lipinski definition) is 6. The van der Waals surface area contributed by atoms with Gasteiger partial charge in [0.1, 0.15) is 24.4 Å². The minimum absolute atomic E-state index is 0.00977. The maximum Gasteiger partial charge on any atom is 0.305 e. The van der Waals surface area contributed by atoms with E-state index in [1.54, 1.807) is 6.08 Å². The second-order valence-electron chi connectivity index (χ2n) is 22.5. The van der Waals surface area contributed by atoms with Gasteiger partial charge in [-0.1, -0.05) is 249 Å². The zero-order valence-electron chi connectivity index (χ0n) is 49.2. The van der Waals surface area contributed by atoms with Crippen molar-refractivity contribution in [3.8, 4) is 0 Å². The molecule has 0 saturated carbocycles. The molecule has 0 spiro atoms. The van der Waals surface area contributed by atoms with Crippen LogP contribution in [0.5, 0.6) is 0 Å². The van der Waals surface area contributed by atoms with E-state index >= 15 is 0 Å². The Bertz CT molecular complexity index is 1360. The van der Waals surface area contributed by atoms with Crippen LogP contribution in [0, 0.1) is 0 Å². The molecule has 1 heterocycles. The van der Waals surface area contributed by atoms with E-state index in [1.807, 2.05) is 6.08 Å². The summed E-state index contributed by atoms with van der Waals surface area (Å²) in [5.41, 5.74) is 0. The summed E-state index contributed by atoms with van der Waals surface area (Å²) >= 11 is 0. The molecule has 1 saturated heterocycles. The van der Waals surface area contributed by atoms with Crippen LogP contribution in [0.15, 0.2) is 36.5 Å².